The third-order valence-electron chi connectivity index (χ3n) is 1.55. The van der Waals surface area contributed by atoms with Crippen LogP contribution in [0, 0.1) is 0 Å². The van der Waals surface area contributed by atoms with Gasteiger partial charge < -0.3 is 14.6 Å². The number of ether oxygens (including phenoxy) is 1. The Morgan fingerprint density at radius 3 is 2.00 bits per heavy atom. The van der Waals surface area contributed by atoms with Gasteiger partial charge in [0.1, 0.15) is 5.97 Å². The van der Waals surface area contributed by atoms with Crippen molar-refractivity contribution in [3.05, 3.63) is 30.6 Å². The van der Waals surface area contributed by atoms with Crippen LogP contribution in [0.25, 0.3) is 0 Å². The van der Waals surface area contributed by atoms with E-state index in [1.807, 2.05) is 30.6 Å². The van der Waals surface area contributed by atoms with Crippen molar-refractivity contribution in [1.82, 2.24) is 0 Å². The van der Waals surface area contributed by atoms with E-state index in [1.54, 1.807) is 4.57 Å². The third kappa shape index (κ3) is 7.20. The minimum Gasteiger partial charge on any atom is -0.542 e. The molecular formula is C10H10F3NO4. The Kier molecular flexibility index (Phi) is 6.40. The van der Waals surface area contributed by atoms with Crippen LogP contribution in [0.1, 0.15) is 0 Å². The summed E-state index contributed by atoms with van der Waals surface area (Å²) in [7, 11) is 1.38. The summed E-state index contributed by atoms with van der Waals surface area (Å²) in [6.45, 7) is 0.275. The van der Waals surface area contributed by atoms with Crippen LogP contribution < -0.4 is 9.67 Å². The minimum atomic E-state index is -5.19. The van der Waals surface area contributed by atoms with E-state index in [4.69, 9.17) is 9.90 Å². The Labute approximate surface area is 100 Å². The van der Waals surface area contributed by atoms with Crippen molar-refractivity contribution in [1.29, 1.82) is 0 Å². The van der Waals surface area contributed by atoms with Gasteiger partial charge in [0.25, 0.3) is 0 Å². The molecule has 0 aliphatic carbocycles. The smallest absolute Gasteiger partial charge is 0.430 e. The number of carbonyl (C=O) groups excluding carboxylic acids is 2. The topological polar surface area (TPSA) is 70.3 Å². The number of aliphatic carboxylic acids is 1. The van der Waals surface area contributed by atoms with Crippen LogP contribution in [-0.2, 0) is 20.9 Å². The molecule has 0 fully saturated rings. The molecule has 0 unspecified atom stereocenters. The maximum atomic E-state index is 10.7. The van der Waals surface area contributed by atoms with Gasteiger partial charge in [-0.15, -0.1) is 0 Å². The molecule has 0 N–H and O–H groups in total. The van der Waals surface area contributed by atoms with E-state index in [0.29, 0.717) is 0 Å². The van der Waals surface area contributed by atoms with Gasteiger partial charge in [-0.1, -0.05) is 6.07 Å². The molecule has 0 aliphatic rings. The van der Waals surface area contributed by atoms with E-state index in [0.717, 1.165) is 0 Å². The highest BCUT2D eigenvalue weighted by atomic mass is 19.4. The van der Waals surface area contributed by atoms with Crippen molar-refractivity contribution < 1.29 is 37.2 Å². The van der Waals surface area contributed by atoms with Crippen LogP contribution in [0.15, 0.2) is 30.6 Å². The van der Waals surface area contributed by atoms with Crippen molar-refractivity contribution in [3.8, 4) is 0 Å². The number of halogens is 3. The lowest BCUT2D eigenvalue weighted by Crippen LogP contribution is -2.37. The van der Waals surface area contributed by atoms with E-state index in [9.17, 15) is 18.0 Å². The van der Waals surface area contributed by atoms with Gasteiger partial charge >= 0.3 is 12.1 Å². The highest BCUT2D eigenvalue weighted by Crippen LogP contribution is 2.11. The molecule has 0 amide bonds. The molecule has 100 valence electrons. The molecular weight excluding hydrogens is 255 g/mol. The van der Waals surface area contributed by atoms with Gasteiger partial charge in [-0.25, -0.2) is 4.79 Å². The van der Waals surface area contributed by atoms with Gasteiger partial charge in [-0.05, 0) is 0 Å². The highest BCUT2D eigenvalue weighted by molar-refractivity contribution is 5.70. The molecule has 0 bridgehead atoms. The summed E-state index contributed by atoms with van der Waals surface area (Å²) in [5.74, 6) is -3.24. The number of alkyl halides is 3. The molecule has 0 aromatic carbocycles. The second kappa shape index (κ2) is 7.25. The van der Waals surface area contributed by atoms with E-state index < -0.39 is 12.1 Å². The Hall–Kier alpha value is -2.12. The molecule has 0 saturated heterocycles. The molecule has 0 atom stereocenters. The first-order chi connectivity index (χ1) is 8.27. The molecule has 0 spiro atoms. The van der Waals surface area contributed by atoms with Gasteiger partial charge in [0.2, 0.25) is 6.54 Å². The fourth-order valence-corrected chi connectivity index (χ4v) is 0.753. The van der Waals surface area contributed by atoms with Crippen molar-refractivity contribution in [2.24, 2.45) is 0 Å². The zero-order chi connectivity index (χ0) is 14.2. The summed E-state index contributed by atoms with van der Waals surface area (Å²) in [5, 5.41) is 8.78. The average molecular weight is 265 g/mol. The number of hydrogen-bond acceptors (Lipinski definition) is 4. The minimum absolute atomic E-state index is 0.235. The predicted molar refractivity (Wildman–Crippen MR) is 49.7 cm³/mol. The van der Waals surface area contributed by atoms with Crippen LogP contribution in [0.2, 0.25) is 0 Å². The van der Waals surface area contributed by atoms with Crippen molar-refractivity contribution in [3.63, 3.8) is 0 Å². The van der Waals surface area contributed by atoms with Gasteiger partial charge in [0.15, 0.2) is 12.4 Å². The zero-order valence-electron chi connectivity index (χ0n) is 9.31. The molecule has 1 aromatic rings. The molecule has 0 aliphatic heterocycles. The first-order valence-corrected chi connectivity index (χ1v) is 4.56. The van der Waals surface area contributed by atoms with E-state index >= 15 is 0 Å². The summed E-state index contributed by atoms with van der Waals surface area (Å²) in [4.78, 5) is 19.5. The summed E-state index contributed by atoms with van der Waals surface area (Å²) in [5.41, 5.74) is 0. The lowest BCUT2D eigenvalue weighted by Gasteiger charge is -2.03. The molecule has 18 heavy (non-hydrogen) atoms. The molecule has 1 rings (SSSR count). The number of rotatable bonds is 2. The number of nitrogens with zero attached hydrogens (tertiary/aromatic N) is 1. The quantitative estimate of drug-likeness (QED) is 0.531. The first-order valence-electron chi connectivity index (χ1n) is 4.56. The van der Waals surface area contributed by atoms with E-state index in [-0.39, 0.29) is 12.5 Å². The number of esters is 1. The van der Waals surface area contributed by atoms with Crippen LogP contribution in [0.5, 0.6) is 0 Å². The van der Waals surface area contributed by atoms with Crippen LogP contribution in [-0.4, -0.2) is 25.2 Å². The molecule has 0 saturated carbocycles. The number of hydrogen-bond donors (Lipinski definition) is 0. The number of carboxylic acid groups (broad SMARTS) is 1. The Morgan fingerprint density at radius 2 is 1.67 bits per heavy atom. The Balaban J connectivity index is 0.000000360. The maximum absolute atomic E-state index is 10.7. The lowest BCUT2D eigenvalue weighted by molar-refractivity contribution is -0.685. The number of carbonyl (C=O) groups is 2. The number of aromatic nitrogens is 1. The fourth-order valence-electron chi connectivity index (χ4n) is 0.753. The molecule has 0 radical (unpaired) electrons. The number of methoxy groups -OCH3 is 1. The van der Waals surface area contributed by atoms with Crippen LogP contribution >= 0.6 is 0 Å². The number of carboxylic acids is 1. The van der Waals surface area contributed by atoms with Crippen molar-refractivity contribution in [2.75, 3.05) is 7.11 Å². The SMILES string of the molecule is COC(=O)C[n+]1ccccc1.O=C([O-])C(F)(F)F. The molecule has 1 heterocycles. The van der Waals surface area contributed by atoms with Crippen LogP contribution in [0.3, 0.4) is 0 Å². The fraction of sp³-hybridized carbons (Fsp3) is 0.300. The Bertz CT molecular complexity index is 392. The van der Waals surface area contributed by atoms with Crippen molar-refractivity contribution in [2.45, 2.75) is 12.7 Å². The normalized spacial score (nSPS) is 10.0. The third-order valence-corrected chi connectivity index (χ3v) is 1.55. The highest BCUT2D eigenvalue weighted by Gasteiger charge is 2.28. The second-order valence-corrected chi connectivity index (χ2v) is 2.91. The summed E-state index contributed by atoms with van der Waals surface area (Å²) >= 11 is 0. The lowest BCUT2D eigenvalue weighted by atomic mass is 10.5. The first kappa shape index (κ1) is 15.9. The Morgan fingerprint density at radius 1 is 1.22 bits per heavy atom. The summed E-state index contributed by atoms with van der Waals surface area (Å²) in [6.07, 6.45) is -1.56. The molecule has 8 heteroatoms. The van der Waals surface area contributed by atoms with E-state index in [2.05, 4.69) is 4.74 Å². The van der Waals surface area contributed by atoms with E-state index in [1.165, 1.54) is 7.11 Å². The monoisotopic (exact) mass is 265 g/mol. The molecule has 1 aromatic heterocycles. The van der Waals surface area contributed by atoms with Gasteiger partial charge in [-0.3, -0.25) is 0 Å². The van der Waals surface area contributed by atoms with Gasteiger partial charge in [-0.2, -0.15) is 17.7 Å². The summed E-state index contributed by atoms with van der Waals surface area (Å²) < 4.78 is 37.8. The largest absolute Gasteiger partial charge is 0.542 e. The maximum Gasteiger partial charge on any atom is 0.430 e. The average Bonchev–Trinajstić information content (AvgIpc) is 2.29. The summed E-state index contributed by atoms with van der Waals surface area (Å²) in [6, 6.07) is 5.62. The predicted octanol–water partition coefficient (Wildman–Crippen LogP) is -0.554. The van der Waals surface area contributed by atoms with Gasteiger partial charge in [0.05, 0.1) is 7.11 Å². The van der Waals surface area contributed by atoms with Gasteiger partial charge in [0, 0.05) is 12.1 Å². The zero-order valence-corrected chi connectivity index (χ0v) is 9.31. The van der Waals surface area contributed by atoms with Crippen LogP contribution in [0.4, 0.5) is 13.2 Å². The standard InChI is InChI=1S/C8H10NO2.C2HF3O2/c1-11-8(10)7-9-5-3-2-4-6-9;3-2(4,5)1(6)7/h2-6H,7H2,1H3;(H,6,7)/q+1;/p-1. The number of pyridine rings is 1. The van der Waals surface area contributed by atoms with Crippen molar-refractivity contribution >= 4 is 11.9 Å². The molecule has 5 nitrogen and oxygen atoms in total. The second-order valence-electron chi connectivity index (χ2n) is 2.91.